The molecule has 5 heteroatoms. The zero-order chi connectivity index (χ0) is 18.4. The summed E-state index contributed by atoms with van der Waals surface area (Å²) in [6, 6.07) is 5.82. The molecule has 0 radical (unpaired) electrons. The van der Waals surface area contributed by atoms with E-state index in [1.54, 1.807) is 0 Å². The van der Waals surface area contributed by atoms with Gasteiger partial charge in [-0.05, 0) is 79.2 Å². The average Bonchev–Trinajstić information content (AvgIpc) is 2.60. The molecule has 1 aromatic carbocycles. The zero-order valence-electron chi connectivity index (χ0n) is 15.2. The highest BCUT2D eigenvalue weighted by atomic mass is 127. The van der Waals surface area contributed by atoms with Gasteiger partial charge in [0.2, 0.25) is 0 Å². The summed E-state index contributed by atoms with van der Waals surface area (Å²) < 4.78 is 15.8. The molecule has 0 atom stereocenters. The lowest BCUT2D eigenvalue weighted by molar-refractivity contribution is -0.117. The number of fused-ring (bicyclic) bond motifs is 1. The second-order valence-electron chi connectivity index (χ2n) is 6.27. The van der Waals surface area contributed by atoms with Crippen LogP contribution in [-0.4, -0.2) is 37.0 Å². The van der Waals surface area contributed by atoms with Crippen LogP contribution in [0, 0.1) is 3.57 Å². The maximum atomic E-state index is 14.8. The van der Waals surface area contributed by atoms with Crippen molar-refractivity contribution >= 4 is 34.3 Å². The van der Waals surface area contributed by atoms with Crippen molar-refractivity contribution in [3.05, 3.63) is 50.1 Å². The quantitative estimate of drug-likeness (QED) is 0.647. The molecule has 2 rings (SSSR count). The molecule has 0 fully saturated rings. The average molecular weight is 456 g/mol. The van der Waals surface area contributed by atoms with Crippen molar-refractivity contribution < 1.29 is 9.18 Å². The van der Waals surface area contributed by atoms with Crippen LogP contribution in [0.1, 0.15) is 38.3 Å². The number of carbonyl (C=O) groups excluding carboxylic acids is 1. The summed E-state index contributed by atoms with van der Waals surface area (Å²) in [5, 5.41) is 2.93. The van der Waals surface area contributed by atoms with Crippen molar-refractivity contribution in [2.75, 3.05) is 26.2 Å². The molecule has 25 heavy (non-hydrogen) atoms. The fraction of sp³-hybridized carbons (Fsp3) is 0.450. The van der Waals surface area contributed by atoms with Crippen LogP contribution < -0.4 is 5.32 Å². The van der Waals surface area contributed by atoms with Gasteiger partial charge in [0.15, 0.2) is 0 Å². The number of carbonyl (C=O) groups is 1. The van der Waals surface area contributed by atoms with Gasteiger partial charge in [-0.2, -0.15) is 0 Å². The molecular weight excluding hydrogens is 430 g/mol. The summed E-state index contributed by atoms with van der Waals surface area (Å²) in [5.74, 6) is -0.518. The molecule has 0 heterocycles. The van der Waals surface area contributed by atoms with Gasteiger partial charge in [-0.15, -0.1) is 0 Å². The van der Waals surface area contributed by atoms with Gasteiger partial charge >= 0.3 is 0 Å². The molecule has 136 valence electrons. The van der Waals surface area contributed by atoms with Crippen LogP contribution in [0.2, 0.25) is 0 Å². The number of hydrogen-bond donors (Lipinski definition) is 1. The Morgan fingerprint density at radius 1 is 1.28 bits per heavy atom. The Bertz CT molecular complexity index is 693. The number of halogens is 2. The van der Waals surface area contributed by atoms with Crippen LogP contribution in [0.5, 0.6) is 0 Å². The van der Waals surface area contributed by atoms with Crippen molar-refractivity contribution in [3.63, 3.8) is 0 Å². The van der Waals surface area contributed by atoms with E-state index in [1.165, 1.54) is 6.08 Å². The first-order valence-corrected chi connectivity index (χ1v) is 9.90. The smallest absolute Gasteiger partial charge is 0.251 e. The van der Waals surface area contributed by atoms with Crippen molar-refractivity contribution in [1.29, 1.82) is 0 Å². The Kier molecular flexibility index (Phi) is 7.62. The van der Waals surface area contributed by atoms with Crippen LogP contribution in [0.15, 0.2) is 35.4 Å². The first-order valence-electron chi connectivity index (χ1n) is 8.82. The van der Waals surface area contributed by atoms with Crippen LogP contribution >= 0.6 is 22.6 Å². The third-order valence-electron chi connectivity index (χ3n) is 4.68. The van der Waals surface area contributed by atoms with Gasteiger partial charge in [0, 0.05) is 27.8 Å². The van der Waals surface area contributed by atoms with E-state index in [0.717, 1.165) is 47.2 Å². The summed E-state index contributed by atoms with van der Waals surface area (Å²) in [4.78, 5) is 14.8. The summed E-state index contributed by atoms with van der Waals surface area (Å²) >= 11 is 2.18. The Balaban J connectivity index is 2.16. The second kappa shape index (κ2) is 9.48. The molecule has 0 unspecified atom stereocenters. The van der Waals surface area contributed by atoms with Gasteiger partial charge in [-0.1, -0.05) is 25.5 Å². The fourth-order valence-corrected chi connectivity index (χ4v) is 3.49. The fourth-order valence-electron chi connectivity index (χ4n) is 3.00. The lowest BCUT2D eigenvalue weighted by atomic mass is 9.93. The van der Waals surface area contributed by atoms with E-state index in [4.69, 9.17) is 0 Å². The number of amides is 1. The minimum atomic E-state index is -0.332. The van der Waals surface area contributed by atoms with Crippen molar-refractivity contribution in [2.45, 2.75) is 33.6 Å². The standard InChI is InChI=1S/C20H26FIN2O/c1-4-24(5-2)11-10-23-20(25)17-13-19(21)18-12-16(22)9-8-15(18)7-6-14(17)3/h8-9,12-13H,4-7,10-11H2,1-3H3,(H,23,25). The number of likely N-dealkylation sites (N-methyl/N-ethyl adjacent to an activating group) is 1. The monoisotopic (exact) mass is 456 g/mol. The number of allylic oxidation sites excluding steroid dienone is 1. The van der Waals surface area contributed by atoms with E-state index >= 15 is 0 Å². The van der Waals surface area contributed by atoms with Gasteiger partial charge in [-0.3, -0.25) is 4.79 Å². The van der Waals surface area contributed by atoms with E-state index in [-0.39, 0.29) is 11.7 Å². The number of rotatable bonds is 6. The topological polar surface area (TPSA) is 32.3 Å². The maximum Gasteiger partial charge on any atom is 0.251 e. The van der Waals surface area contributed by atoms with Crippen LogP contribution in [0.3, 0.4) is 0 Å². The Hall–Kier alpha value is -1.21. The van der Waals surface area contributed by atoms with Crippen LogP contribution in [-0.2, 0) is 11.2 Å². The highest BCUT2D eigenvalue weighted by molar-refractivity contribution is 14.1. The number of nitrogens with one attached hydrogen (secondary N) is 1. The van der Waals surface area contributed by atoms with Gasteiger partial charge in [0.1, 0.15) is 5.83 Å². The normalized spacial score (nSPS) is 14.7. The van der Waals surface area contributed by atoms with E-state index in [2.05, 4.69) is 46.7 Å². The summed E-state index contributed by atoms with van der Waals surface area (Å²) in [6.07, 6.45) is 2.90. The minimum absolute atomic E-state index is 0.186. The molecule has 0 bridgehead atoms. The van der Waals surface area contributed by atoms with E-state index in [1.807, 2.05) is 25.1 Å². The number of benzene rings is 1. The van der Waals surface area contributed by atoms with Crippen molar-refractivity contribution in [2.24, 2.45) is 0 Å². The second-order valence-corrected chi connectivity index (χ2v) is 7.52. The molecule has 0 aliphatic heterocycles. The first-order chi connectivity index (χ1) is 12.0. The molecule has 3 nitrogen and oxygen atoms in total. The number of nitrogens with zero attached hydrogens (tertiary/aromatic N) is 1. The van der Waals surface area contributed by atoms with Crippen molar-refractivity contribution in [1.82, 2.24) is 10.2 Å². The lowest BCUT2D eigenvalue weighted by Crippen LogP contribution is -2.35. The Morgan fingerprint density at radius 3 is 2.68 bits per heavy atom. The number of aryl methyl sites for hydroxylation is 1. The summed E-state index contributed by atoms with van der Waals surface area (Å²) in [5.41, 5.74) is 2.99. The molecule has 1 aliphatic rings. The lowest BCUT2D eigenvalue weighted by Gasteiger charge is -2.19. The highest BCUT2D eigenvalue weighted by Crippen LogP contribution is 2.29. The molecule has 0 saturated carbocycles. The Labute approximate surface area is 163 Å². The first kappa shape index (κ1) is 20.1. The largest absolute Gasteiger partial charge is 0.351 e. The molecule has 0 saturated heterocycles. The number of hydrogen-bond acceptors (Lipinski definition) is 2. The maximum absolute atomic E-state index is 14.8. The third kappa shape index (κ3) is 5.38. The molecule has 1 aliphatic carbocycles. The molecule has 0 aromatic heterocycles. The minimum Gasteiger partial charge on any atom is -0.351 e. The summed E-state index contributed by atoms with van der Waals surface area (Å²) in [7, 11) is 0. The predicted octanol–water partition coefficient (Wildman–Crippen LogP) is 4.32. The van der Waals surface area contributed by atoms with Gasteiger partial charge in [-0.25, -0.2) is 4.39 Å². The molecule has 1 N–H and O–H groups in total. The molecule has 0 spiro atoms. The van der Waals surface area contributed by atoms with E-state index < -0.39 is 0 Å². The van der Waals surface area contributed by atoms with E-state index in [9.17, 15) is 9.18 Å². The Morgan fingerprint density at radius 2 is 2.00 bits per heavy atom. The summed E-state index contributed by atoms with van der Waals surface area (Å²) in [6.45, 7) is 9.41. The predicted molar refractivity (Wildman–Crippen MR) is 110 cm³/mol. The van der Waals surface area contributed by atoms with Gasteiger partial charge in [0.25, 0.3) is 5.91 Å². The van der Waals surface area contributed by atoms with E-state index in [0.29, 0.717) is 17.7 Å². The molecular formula is C20H26FIN2O. The zero-order valence-corrected chi connectivity index (χ0v) is 17.3. The highest BCUT2D eigenvalue weighted by Gasteiger charge is 2.18. The SMILES string of the molecule is CCN(CC)CCNC(=O)C1=C(C)CCc2ccc(I)cc2C(F)=C1. The van der Waals surface area contributed by atoms with Crippen molar-refractivity contribution in [3.8, 4) is 0 Å². The van der Waals surface area contributed by atoms with Crippen LogP contribution in [0.25, 0.3) is 5.83 Å². The molecule has 1 aromatic rings. The van der Waals surface area contributed by atoms with Gasteiger partial charge < -0.3 is 10.2 Å². The third-order valence-corrected chi connectivity index (χ3v) is 5.35. The van der Waals surface area contributed by atoms with Gasteiger partial charge in [0.05, 0.1) is 0 Å². The molecule has 1 amide bonds. The van der Waals surface area contributed by atoms with Crippen LogP contribution in [0.4, 0.5) is 4.39 Å².